The van der Waals surface area contributed by atoms with Crippen LogP contribution >= 0.6 is 15.9 Å². The summed E-state index contributed by atoms with van der Waals surface area (Å²) in [6.07, 6.45) is 3.74. The number of carbonyl (C=O) groups excluding carboxylic acids is 1. The number of pyridine rings is 1. The molecule has 25 heavy (non-hydrogen) atoms. The van der Waals surface area contributed by atoms with Gasteiger partial charge in [-0.1, -0.05) is 0 Å². The number of fused-ring (bicyclic) bond motifs is 1. The second-order valence-corrected chi connectivity index (χ2v) is 7.28. The molecule has 0 bridgehead atoms. The van der Waals surface area contributed by atoms with Gasteiger partial charge in [-0.15, -0.1) is 0 Å². The van der Waals surface area contributed by atoms with E-state index in [9.17, 15) is 4.79 Å². The molecule has 134 valence electrons. The van der Waals surface area contributed by atoms with Gasteiger partial charge in [0, 0.05) is 28.0 Å². The Morgan fingerprint density at radius 3 is 2.84 bits per heavy atom. The van der Waals surface area contributed by atoms with Crippen molar-refractivity contribution in [2.24, 2.45) is 5.73 Å². The Morgan fingerprint density at radius 2 is 2.20 bits per heavy atom. The van der Waals surface area contributed by atoms with E-state index >= 15 is 0 Å². The van der Waals surface area contributed by atoms with Crippen LogP contribution in [0.15, 0.2) is 22.8 Å². The molecule has 6 nitrogen and oxygen atoms in total. The highest BCUT2D eigenvalue weighted by Crippen LogP contribution is 2.36. The molecule has 1 aromatic carbocycles. The van der Waals surface area contributed by atoms with Gasteiger partial charge in [0.25, 0.3) is 5.91 Å². The molecule has 0 saturated carbocycles. The van der Waals surface area contributed by atoms with Crippen LogP contribution in [0.1, 0.15) is 37.0 Å². The summed E-state index contributed by atoms with van der Waals surface area (Å²) in [4.78, 5) is 16.3. The standard InChI is InChI=1S/C18H22BrN3O3/c1-10(2)24-16-7-13-12(6-14(16)17(20)23)15(19)9-22-18(13)25-11-4-3-5-21-8-11/h6-7,9-11,21H,3-5,8H2,1-2H3,(H2,20,23)/t11-/m1/s1. The highest BCUT2D eigenvalue weighted by molar-refractivity contribution is 9.10. The van der Waals surface area contributed by atoms with Crippen LogP contribution in [-0.4, -0.2) is 36.2 Å². The number of primary amides is 1. The summed E-state index contributed by atoms with van der Waals surface area (Å²) in [6.45, 7) is 5.62. The number of benzene rings is 1. The first-order valence-corrected chi connectivity index (χ1v) is 9.21. The number of hydrogen-bond acceptors (Lipinski definition) is 5. The van der Waals surface area contributed by atoms with E-state index < -0.39 is 5.91 Å². The third kappa shape index (κ3) is 4.04. The summed E-state index contributed by atoms with van der Waals surface area (Å²) in [5, 5.41) is 4.94. The maximum absolute atomic E-state index is 11.8. The Morgan fingerprint density at radius 1 is 1.40 bits per heavy atom. The van der Waals surface area contributed by atoms with Crippen LogP contribution in [0.3, 0.4) is 0 Å². The van der Waals surface area contributed by atoms with Crippen molar-refractivity contribution >= 4 is 32.6 Å². The van der Waals surface area contributed by atoms with Crippen molar-refractivity contribution in [3.63, 3.8) is 0 Å². The van der Waals surface area contributed by atoms with Crippen molar-refractivity contribution in [1.82, 2.24) is 10.3 Å². The topological polar surface area (TPSA) is 86.5 Å². The first kappa shape index (κ1) is 17.9. The Labute approximate surface area is 155 Å². The number of nitrogens with zero attached hydrogens (tertiary/aromatic N) is 1. The summed E-state index contributed by atoms with van der Waals surface area (Å²) < 4.78 is 12.7. The van der Waals surface area contributed by atoms with Crippen molar-refractivity contribution in [2.45, 2.75) is 38.9 Å². The molecule has 0 spiro atoms. The smallest absolute Gasteiger partial charge is 0.252 e. The molecule has 1 atom stereocenters. The van der Waals surface area contributed by atoms with E-state index in [1.807, 2.05) is 13.8 Å². The molecule has 1 saturated heterocycles. The summed E-state index contributed by atoms with van der Waals surface area (Å²) in [5.74, 6) is 0.457. The van der Waals surface area contributed by atoms with E-state index in [0.717, 1.165) is 41.2 Å². The molecule has 7 heteroatoms. The van der Waals surface area contributed by atoms with Crippen molar-refractivity contribution < 1.29 is 14.3 Å². The van der Waals surface area contributed by atoms with Crippen molar-refractivity contribution in [3.8, 4) is 11.6 Å². The first-order chi connectivity index (χ1) is 12.0. The fraction of sp³-hybridized carbons (Fsp3) is 0.444. The zero-order chi connectivity index (χ0) is 18.0. The predicted molar refractivity (Wildman–Crippen MR) is 100 cm³/mol. The summed E-state index contributed by atoms with van der Waals surface area (Å²) in [6, 6.07) is 3.52. The number of nitrogens with two attached hydrogens (primary N) is 1. The van der Waals surface area contributed by atoms with Crippen LogP contribution in [0, 0.1) is 0 Å². The minimum atomic E-state index is -0.528. The van der Waals surface area contributed by atoms with E-state index in [1.165, 1.54) is 0 Å². The molecule has 1 aliphatic rings. The molecule has 0 radical (unpaired) electrons. The first-order valence-electron chi connectivity index (χ1n) is 8.41. The van der Waals surface area contributed by atoms with Gasteiger partial charge in [-0.05, 0) is 61.3 Å². The number of rotatable bonds is 5. The maximum atomic E-state index is 11.8. The molecular formula is C18H22BrN3O3. The van der Waals surface area contributed by atoms with E-state index in [1.54, 1.807) is 18.3 Å². The minimum Gasteiger partial charge on any atom is -0.490 e. The normalized spacial score (nSPS) is 17.7. The summed E-state index contributed by atoms with van der Waals surface area (Å²) >= 11 is 3.49. The molecule has 0 aliphatic carbocycles. The maximum Gasteiger partial charge on any atom is 0.252 e. The largest absolute Gasteiger partial charge is 0.490 e. The van der Waals surface area contributed by atoms with Gasteiger partial charge in [0.05, 0.1) is 11.7 Å². The predicted octanol–water partition coefficient (Wildman–Crippen LogP) is 3.01. The lowest BCUT2D eigenvalue weighted by Crippen LogP contribution is -2.37. The highest BCUT2D eigenvalue weighted by atomic mass is 79.9. The van der Waals surface area contributed by atoms with E-state index in [4.69, 9.17) is 15.2 Å². The Kier molecular flexibility index (Phi) is 5.44. The molecule has 2 aromatic rings. The zero-order valence-corrected chi connectivity index (χ0v) is 15.9. The zero-order valence-electron chi connectivity index (χ0n) is 14.3. The lowest BCUT2D eigenvalue weighted by atomic mass is 10.1. The fourth-order valence-corrected chi connectivity index (χ4v) is 3.36. The SMILES string of the molecule is CC(C)Oc1cc2c(O[C@@H]3CCCNC3)ncc(Br)c2cc1C(N)=O. The fourth-order valence-electron chi connectivity index (χ4n) is 2.92. The van der Waals surface area contributed by atoms with E-state index in [2.05, 4.69) is 26.2 Å². The van der Waals surface area contributed by atoms with Crippen molar-refractivity contribution in [1.29, 1.82) is 0 Å². The van der Waals surface area contributed by atoms with Crippen molar-refractivity contribution in [3.05, 3.63) is 28.4 Å². The minimum absolute atomic E-state index is 0.0795. The average Bonchev–Trinajstić information content (AvgIpc) is 2.57. The average molecular weight is 408 g/mol. The van der Waals surface area contributed by atoms with Crippen LogP contribution < -0.4 is 20.5 Å². The molecular weight excluding hydrogens is 386 g/mol. The number of nitrogens with one attached hydrogen (secondary N) is 1. The third-order valence-corrected chi connectivity index (χ3v) is 4.69. The molecule has 2 heterocycles. The number of halogens is 1. The Bertz CT molecular complexity index is 789. The van der Waals surface area contributed by atoms with Gasteiger partial charge in [-0.2, -0.15) is 0 Å². The Balaban J connectivity index is 2.08. The number of carbonyl (C=O) groups is 1. The van der Waals surface area contributed by atoms with E-state index in [0.29, 0.717) is 17.2 Å². The number of amides is 1. The number of aromatic nitrogens is 1. The second kappa shape index (κ2) is 7.58. The molecule has 3 rings (SSSR count). The van der Waals surface area contributed by atoms with Gasteiger partial charge in [-0.25, -0.2) is 4.98 Å². The molecule has 1 aliphatic heterocycles. The van der Waals surface area contributed by atoms with Crippen LogP contribution in [0.4, 0.5) is 0 Å². The Hall–Kier alpha value is -1.86. The number of hydrogen-bond donors (Lipinski definition) is 2. The van der Waals surface area contributed by atoms with Gasteiger partial charge in [0.2, 0.25) is 5.88 Å². The van der Waals surface area contributed by atoms with Gasteiger partial charge in [0.15, 0.2) is 0 Å². The lowest BCUT2D eigenvalue weighted by Gasteiger charge is -2.24. The highest BCUT2D eigenvalue weighted by Gasteiger charge is 2.20. The molecule has 1 fully saturated rings. The number of piperidine rings is 1. The van der Waals surface area contributed by atoms with E-state index in [-0.39, 0.29) is 12.2 Å². The molecule has 1 aromatic heterocycles. The molecule has 0 unspecified atom stereocenters. The molecule has 1 amide bonds. The second-order valence-electron chi connectivity index (χ2n) is 6.42. The van der Waals surface area contributed by atoms with Crippen LogP contribution in [0.5, 0.6) is 11.6 Å². The number of ether oxygens (including phenoxy) is 2. The van der Waals surface area contributed by atoms with Gasteiger partial charge >= 0.3 is 0 Å². The summed E-state index contributed by atoms with van der Waals surface area (Å²) in [5.41, 5.74) is 5.88. The molecule has 3 N–H and O–H groups in total. The monoisotopic (exact) mass is 407 g/mol. The van der Waals surface area contributed by atoms with Gasteiger partial charge in [-0.3, -0.25) is 4.79 Å². The van der Waals surface area contributed by atoms with Crippen LogP contribution in [0.2, 0.25) is 0 Å². The van der Waals surface area contributed by atoms with Crippen molar-refractivity contribution in [2.75, 3.05) is 13.1 Å². The van der Waals surface area contributed by atoms with Crippen LogP contribution in [-0.2, 0) is 0 Å². The van der Waals surface area contributed by atoms with Crippen LogP contribution in [0.25, 0.3) is 10.8 Å². The summed E-state index contributed by atoms with van der Waals surface area (Å²) in [7, 11) is 0. The third-order valence-electron chi connectivity index (χ3n) is 4.06. The van der Waals surface area contributed by atoms with Gasteiger partial charge < -0.3 is 20.5 Å². The lowest BCUT2D eigenvalue weighted by molar-refractivity contribution is 0.0994. The van der Waals surface area contributed by atoms with Gasteiger partial charge in [0.1, 0.15) is 11.9 Å². The quantitative estimate of drug-likeness (QED) is 0.795.